The zero-order valence-electron chi connectivity index (χ0n) is 17.8. The van der Waals surface area contributed by atoms with E-state index in [1.165, 1.54) is 6.26 Å². The Morgan fingerprint density at radius 2 is 1.97 bits per heavy atom. The number of thiophene rings is 1. The lowest BCUT2D eigenvalue weighted by atomic mass is 10.0. The highest BCUT2D eigenvalue weighted by molar-refractivity contribution is 7.21. The van der Waals surface area contributed by atoms with Crippen molar-refractivity contribution in [3.63, 3.8) is 0 Å². The Hall–Kier alpha value is -3.72. The summed E-state index contributed by atoms with van der Waals surface area (Å²) >= 11 is 1.55. The van der Waals surface area contributed by atoms with Crippen LogP contribution in [0.25, 0.3) is 26.6 Å². The van der Waals surface area contributed by atoms with Gasteiger partial charge in [-0.05, 0) is 43.2 Å². The fraction of sp³-hybridized carbons (Fsp3) is 0.217. The highest BCUT2D eigenvalue weighted by Gasteiger charge is 2.27. The predicted molar refractivity (Wildman–Crippen MR) is 121 cm³/mol. The Bertz CT molecular complexity index is 1370. The molecule has 162 valence electrons. The maximum absolute atomic E-state index is 12.5. The van der Waals surface area contributed by atoms with E-state index >= 15 is 0 Å². The number of carbonyl (C=O) groups excluding carboxylic acids is 1. The fourth-order valence-electron chi connectivity index (χ4n) is 3.50. The Morgan fingerprint density at radius 3 is 2.69 bits per heavy atom. The van der Waals surface area contributed by atoms with Crippen molar-refractivity contribution in [2.45, 2.75) is 26.8 Å². The van der Waals surface area contributed by atoms with Crippen molar-refractivity contribution in [2.24, 2.45) is 5.92 Å². The summed E-state index contributed by atoms with van der Waals surface area (Å²) < 4.78 is 12.7. The zero-order valence-corrected chi connectivity index (χ0v) is 18.6. The van der Waals surface area contributed by atoms with Crippen LogP contribution < -0.4 is 5.32 Å². The molecule has 0 fully saturated rings. The third kappa shape index (κ3) is 3.60. The van der Waals surface area contributed by atoms with Gasteiger partial charge in [0.05, 0.1) is 22.5 Å². The Morgan fingerprint density at radius 1 is 1.16 bits per heavy atom. The monoisotopic (exact) mass is 447 g/mol. The van der Waals surface area contributed by atoms with Crippen molar-refractivity contribution >= 4 is 27.5 Å². The molecule has 32 heavy (non-hydrogen) atoms. The van der Waals surface area contributed by atoms with Gasteiger partial charge in [-0.15, -0.1) is 11.3 Å². The summed E-state index contributed by atoms with van der Waals surface area (Å²) in [6, 6.07) is 14.9. The number of nitrogens with zero attached hydrogens (tertiary/aromatic N) is 4. The van der Waals surface area contributed by atoms with Gasteiger partial charge in [0.15, 0.2) is 5.76 Å². The molecule has 0 spiro atoms. The van der Waals surface area contributed by atoms with Gasteiger partial charge in [-0.3, -0.25) is 4.79 Å². The number of carbonyl (C=O) groups is 1. The molecule has 9 heteroatoms. The van der Waals surface area contributed by atoms with Crippen LogP contribution in [0.1, 0.15) is 42.0 Å². The molecule has 4 aromatic heterocycles. The van der Waals surface area contributed by atoms with Gasteiger partial charge < -0.3 is 14.3 Å². The zero-order chi connectivity index (χ0) is 22.2. The molecule has 1 atom stereocenters. The van der Waals surface area contributed by atoms with E-state index in [9.17, 15) is 4.79 Å². The van der Waals surface area contributed by atoms with Gasteiger partial charge in [-0.2, -0.15) is 10.1 Å². The number of nitrogens with one attached hydrogen (secondary N) is 1. The van der Waals surface area contributed by atoms with E-state index < -0.39 is 6.04 Å². The van der Waals surface area contributed by atoms with Crippen molar-refractivity contribution in [2.75, 3.05) is 0 Å². The van der Waals surface area contributed by atoms with E-state index in [0.29, 0.717) is 11.7 Å². The van der Waals surface area contributed by atoms with Crippen molar-refractivity contribution in [1.82, 2.24) is 25.2 Å². The first-order valence-electron chi connectivity index (χ1n) is 10.2. The molecule has 8 nitrogen and oxygen atoms in total. The molecular formula is C23H21N5O3S. The molecule has 0 bridgehead atoms. The molecule has 1 amide bonds. The Labute approximate surface area is 187 Å². The second kappa shape index (κ2) is 8.08. The summed E-state index contributed by atoms with van der Waals surface area (Å²) in [4.78, 5) is 19.0. The first kappa shape index (κ1) is 20.2. The van der Waals surface area contributed by atoms with E-state index in [0.717, 1.165) is 26.5 Å². The van der Waals surface area contributed by atoms with Gasteiger partial charge in [0.2, 0.25) is 11.7 Å². The van der Waals surface area contributed by atoms with E-state index in [-0.39, 0.29) is 17.6 Å². The standard InChI is InChI=1S/C23H21N5O3S/c1-13(2)19(24-21(29)17-10-7-11-30-17)22-25-20(27-31-22)18-12-16-14(3)26-28(23(16)32-18)15-8-5-4-6-9-15/h4-13,19H,1-3H3,(H,24,29). The average Bonchev–Trinajstić information content (AvgIpc) is 3.57. The quantitative estimate of drug-likeness (QED) is 0.386. The lowest BCUT2D eigenvalue weighted by Gasteiger charge is -2.17. The minimum atomic E-state index is -0.440. The maximum Gasteiger partial charge on any atom is 0.287 e. The van der Waals surface area contributed by atoms with Crippen LogP contribution in [0.4, 0.5) is 0 Å². The maximum atomic E-state index is 12.5. The molecular weight excluding hydrogens is 426 g/mol. The SMILES string of the molecule is Cc1nn(-c2ccccc2)c2sc(-c3noc(C(NC(=O)c4ccco4)C(C)C)n3)cc12. The van der Waals surface area contributed by atoms with Gasteiger partial charge >= 0.3 is 0 Å². The number of hydrogen-bond donors (Lipinski definition) is 1. The van der Waals surface area contributed by atoms with Crippen molar-refractivity contribution in [1.29, 1.82) is 0 Å². The predicted octanol–water partition coefficient (Wildman–Crippen LogP) is 5.17. The van der Waals surface area contributed by atoms with Crippen LogP contribution >= 0.6 is 11.3 Å². The number of amides is 1. The summed E-state index contributed by atoms with van der Waals surface area (Å²) in [5.41, 5.74) is 1.93. The van der Waals surface area contributed by atoms with E-state index in [1.807, 2.05) is 61.9 Å². The van der Waals surface area contributed by atoms with Gasteiger partial charge in [-0.25, -0.2) is 4.68 Å². The number of fused-ring (bicyclic) bond motifs is 1. The number of hydrogen-bond acceptors (Lipinski definition) is 7. The summed E-state index contributed by atoms with van der Waals surface area (Å²) in [5.74, 6) is 0.792. The van der Waals surface area contributed by atoms with E-state index in [4.69, 9.17) is 8.94 Å². The molecule has 1 unspecified atom stereocenters. The molecule has 0 aliphatic carbocycles. The average molecular weight is 448 g/mol. The van der Waals surface area contributed by atoms with Crippen molar-refractivity contribution < 1.29 is 13.7 Å². The number of aromatic nitrogens is 4. The second-order valence-corrected chi connectivity index (χ2v) is 8.82. The van der Waals surface area contributed by atoms with Gasteiger partial charge in [-0.1, -0.05) is 37.2 Å². The van der Waals surface area contributed by atoms with Crippen molar-refractivity contribution in [3.05, 3.63) is 72.1 Å². The molecule has 0 radical (unpaired) electrons. The minimum absolute atomic E-state index is 0.0403. The number of aryl methyl sites for hydroxylation is 1. The van der Waals surface area contributed by atoms with Crippen LogP contribution in [0.5, 0.6) is 0 Å². The summed E-state index contributed by atoms with van der Waals surface area (Å²) in [6.07, 6.45) is 1.46. The van der Waals surface area contributed by atoms with Crippen LogP contribution in [0, 0.1) is 12.8 Å². The highest BCUT2D eigenvalue weighted by Crippen LogP contribution is 2.35. The number of furan rings is 1. The number of para-hydroxylation sites is 1. The van der Waals surface area contributed by atoms with Crippen LogP contribution in [-0.4, -0.2) is 25.8 Å². The molecule has 0 aliphatic heterocycles. The minimum Gasteiger partial charge on any atom is -0.459 e. The van der Waals surface area contributed by atoms with Crippen LogP contribution in [0.3, 0.4) is 0 Å². The van der Waals surface area contributed by atoms with E-state index in [2.05, 4.69) is 20.6 Å². The Kier molecular flexibility index (Phi) is 5.10. The molecule has 4 heterocycles. The van der Waals surface area contributed by atoms with Gasteiger partial charge in [0, 0.05) is 5.39 Å². The Balaban J connectivity index is 1.46. The summed E-state index contributed by atoms with van der Waals surface area (Å²) in [5, 5.41) is 12.8. The third-order valence-electron chi connectivity index (χ3n) is 5.17. The normalized spacial score (nSPS) is 12.5. The van der Waals surface area contributed by atoms with E-state index in [1.54, 1.807) is 23.5 Å². The second-order valence-electron chi connectivity index (χ2n) is 7.79. The first-order valence-corrected chi connectivity index (χ1v) is 11.1. The first-order chi connectivity index (χ1) is 15.5. The van der Waals surface area contributed by atoms with Gasteiger partial charge in [0.25, 0.3) is 5.91 Å². The molecule has 0 saturated heterocycles. The molecule has 0 aliphatic rings. The van der Waals surface area contributed by atoms with Crippen LogP contribution in [-0.2, 0) is 0 Å². The molecule has 0 saturated carbocycles. The lowest BCUT2D eigenvalue weighted by Crippen LogP contribution is -2.31. The number of benzene rings is 1. The van der Waals surface area contributed by atoms with Crippen LogP contribution in [0.2, 0.25) is 0 Å². The highest BCUT2D eigenvalue weighted by atomic mass is 32.1. The molecule has 5 aromatic rings. The summed E-state index contributed by atoms with van der Waals surface area (Å²) in [6.45, 7) is 5.95. The summed E-state index contributed by atoms with van der Waals surface area (Å²) in [7, 11) is 0. The largest absolute Gasteiger partial charge is 0.459 e. The number of rotatable bonds is 6. The molecule has 1 N–H and O–H groups in total. The topological polar surface area (TPSA) is 99.0 Å². The van der Waals surface area contributed by atoms with Crippen molar-refractivity contribution in [3.8, 4) is 16.4 Å². The lowest BCUT2D eigenvalue weighted by molar-refractivity contribution is 0.0885. The fourth-order valence-corrected chi connectivity index (χ4v) is 4.61. The third-order valence-corrected chi connectivity index (χ3v) is 6.28. The molecule has 1 aromatic carbocycles. The smallest absolute Gasteiger partial charge is 0.287 e. The van der Waals surface area contributed by atoms with Crippen LogP contribution in [0.15, 0.2) is 63.7 Å². The molecule has 5 rings (SSSR count). The van der Waals surface area contributed by atoms with Gasteiger partial charge in [0.1, 0.15) is 10.9 Å².